The quantitative estimate of drug-likeness (QED) is 0.0444. The van der Waals surface area contributed by atoms with Gasteiger partial charge in [-0.1, -0.05) is 59.2 Å². The molecule has 0 aliphatic carbocycles. The average Bonchev–Trinajstić information content (AvgIpc) is 1.68. The standard InChI is InChI=1S/C14H24N2O4.C13H22N2O5.C12H21NO4.C12H21NO3.C11H17NO4.C7H13NO4.C7H13NO.C7H8O3S/c1-8(2)12(15-14(19)20-5)13(18)16-9(3)6-7-11(16)10(4)17;1-7(2)10(14-13(19)20-4)11(16)15-8(3)5-6-9(15)12(17)18;1-8(14)6-7-10(9(2)15)13-11(16)17-12(3,4)5;1-8-6-7-10(9(2)14)13(8)11(15)16-12(3,4)5;1-7(13)8-5-6-9(14)12(8)10(15)16-11(2,3)4;1-4(2)5(6(9)10)8-7(11)12-3;1-5-3-4-7(8-5)6(2)9;1-6-2-4-7(5-3-6)11(8,9)10/h8-9,11-12H,6-7H2,1-5H3,(H,15,19);7-10H,5-6H2,1-4H3,(H,14,19)(H,17,18);10H,6-7H2,1-5H3,(H,13,16);8,10H,6-7H2,1-5H3;8H,5-6H2,1-4H3;4-5H,1-3H3,(H,8,11)(H,9,10);5,7-8H,3-4H2,1-2H3;2-5H,1H3,(H,8,9,10)/t9-,11-,12-;8-,9-,10-;10-;8-,10-;8-;5-;5-,7-;/m0000000./s1. The fourth-order valence-corrected chi connectivity index (χ4v) is 13.0. The fraction of sp³-hybridized carbons (Fsp3) is 0.723. The Labute approximate surface area is 713 Å². The number of amides is 9. The predicted octanol–water partition coefficient (Wildman–Crippen LogP) is 10.3. The second-order valence-corrected chi connectivity index (χ2v) is 35.7. The minimum atomic E-state index is -4.02. The summed E-state index contributed by atoms with van der Waals surface area (Å²) in [4.78, 5) is 200. The third kappa shape index (κ3) is 43.1. The molecule has 0 radical (unpaired) electrons. The minimum Gasteiger partial charge on any atom is -0.480 e. The Morgan fingerprint density at radius 1 is 0.479 bits per heavy atom. The van der Waals surface area contributed by atoms with Crippen molar-refractivity contribution in [3.05, 3.63) is 29.8 Å². The first kappa shape index (κ1) is 113. The topological polar surface area (TPSA) is 514 Å². The number of likely N-dealkylation sites (tertiary alicyclic amines) is 4. The molecule has 0 spiro atoms. The van der Waals surface area contributed by atoms with Gasteiger partial charge in [0.25, 0.3) is 10.1 Å². The van der Waals surface area contributed by atoms with Crippen molar-refractivity contribution in [1.29, 1.82) is 0 Å². The van der Waals surface area contributed by atoms with E-state index < -0.39 is 106 Å². The van der Waals surface area contributed by atoms with E-state index in [4.69, 9.17) is 23.9 Å². The number of carbonyl (C=O) groups excluding carboxylic acids is 15. The number of ether oxygens (including phenoxy) is 6. The van der Waals surface area contributed by atoms with Gasteiger partial charge in [0.05, 0.1) is 50.4 Å². The maximum Gasteiger partial charge on any atom is 0.417 e. The Bertz CT molecular complexity index is 3700. The molecule has 1 aromatic carbocycles. The van der Waals surface area contributed by atoms with Crippen molar-refractivity contribution in [2.24, 2.45) is 17.8 Å². The van der Waals surface area contributed by atoms with Gasteiger partial charge in [-0.25, -0.2) is 43.3 Å². The molecule has 0 bridgehead atoms. The Morgan fingerprint density at radius 2 is 0.851 bits per heavy atom. The molecule has 37 nitrogen and oxygen atoms in total. The lowest BCUT2D eigenvalue weighted by Crippen LogP contribution is -2.55. The van der Waals surface area contributed by atoms with Crippen molar-refractivity contribution in [2.75, 3.05) is 21.3 Å². The molecule has 9 amide bonds. The minimum absolute atomic E-state index is 0.0109. The molecule has 6 rings (SSSR count). The van der Waals surface area contributed by atoms with Crippen molar-refractivity contribution in [3.63, 3.8) is 0 Å². The second-order valence-electron chi connectivity index (χ2n) is 34.2. The van der Waals surface area contributed by atoms with E-state index in [1.54, 1.807) is 98.1 Å². The van der Waals surface area contributed by atoms with Gasteiger partial charge in [0.2, 0.25) is 17.7 Å². The largest absolute Gasteiger partial charge is 0.480 e. The van der Waals surface area contributed by atoms with Crippen LogP contribution >= 0.6 is 0 Å². The number of ketones is 6. The van der Waals surface area contributed by atoms with E-state index in [1.807, 2.05) is 62.3 Å². The summed E-state index contributed by atoms with van der Waals surface area (Å²) < 4.78 is 58.3. The zero-order valence-corrected chi connectivity index (χ0v) is 77.1. The van der Waals surface area contributed by atoms with Gasteiger partial charge in [-0.2, -0.15) is 8.42 Å². The van der Waals surface area contributed by atoms with Gasteiger partial charge >= 0.3 is 48.5 Å². The normalized spacial score (nSPS) is 20.6. The Morgan fingerprint density at radius 3 is 1.17 bits per heavy atom. The number of Topliss-reactive ketones (excluding diaryl/α,β-unsaturated/α-hetero) is 6. The lowest BCUT2D eigenvalue weighted by atomic mass is 10.0. The number of carbonyl (C=O) groups is 17. The van der Waals surface area contributed by atoms with Crippen molar-refractivity contribution in [3.8, 4) is 0 Å². The zero-order valence-electron chi connectivity index (χ0n) is 76.3. The van der Waals surface area contributed by atoms with Gasteiger partial charge in [-0.05, 0) is 233 Å². The summed E-state index contributed by atoms with van der Waals surface area (Å²) in [5, 5.41) is 30.7. The number of benzene rings is 1. The van der Waals surface area contributed by atoms with E-state index in [9.17, 15) is 95.0 Å². The van der Waals surface area contributed by atoms with E-state index >= 15 is 0 Å². The summed E-state index contributed by atoms with van der Waals surface area (Å²) in [6.45, 7) is 45.1. The molecule has 690 valence electrons. The number of hydrogen-bond donors (Lipinski definition) is 8. The molecule has 5 aliphatic rings. The van der Waals surface area contributed by atoms with Crippen LogP contribution < -0.4 is 26.6 Å². The SMILES string of the molecule is CC(=O)CC[C@H](NC(=O)OC(C)(C)C)C(C)=O.CC(=O)[C@@H]1CCC(=O)N1C(=O)OC(C)(C)C.CC(=O)[C@@H]1CC[C@H](C)N1.CC(=O)[C@@H]1CC[C@H](C)N1C(=O)OC(C)(C)C.COC(=O)N[C@H](C(=O)N1[C@@H](C)CC[C@H]1C(=O)O)C(C)C.COC(=O)N[C@H](C(=O)N1[C@@H](C)CC[C@H]1C(C)=O)C(C)C.COC(=O)N[C@H](C(=O)O)C(C)C.Cc1ccc(S(=O)(=O)O)cc1. The van der Waals surface area contributed by atoms with Crippen LogP contribution in [0.3, 0.4) is 0 Å². The first-order chi connectivity index (χ1) is 55.3. The molecule has 5 saturated heterocycles. The smallest absolute Gasteiger partial charge is 0.417 e. The molecule has 5 aliphatic heterocycles. The molecule has 0 aromatic heterocycles. The number of hydrogen-bond acceptors (Lipinski definition) is 26. The Hall–Kier alpha value is -9.72. The van der Waals surface area contributed by atoms with Crippen LogP contribution in [0, 0.1) is 24.7 Å². The van der Waals surface area contributed by atoms with Crippen molar-refractivity contribution >= 4 is 111 Å². The lowest BCUT2D eigenvalue weighted by molar-refractivity contribution is -0.150. The number of aryl methyl sites for hydroxylation is 1. The molecule has 0 unspecified atom stereocenters. The number of carboxylic acid groups (broad SMARTS) is 2. The molecule has 13 atom stereocenters. The van der Waals surface area contributed by atoms with E-state index in [2.05, 4.69) is 47.7 Å². The van der Waals surface area contributed by atoms with Gasteiger partial charge in [0.15, 0.2) is 23.1 Å². The molecule has 5 fully saturated rings. The van der Waals surface area contributed by atoms with Gasteiger partial charge in [0, 0.05) is 37.0 Å². The fourth-order valence-electron chi connectivity index (χ4n) is 12.5. The lowest BCUT2D eigenvalue weighted by Gasteiger charge is -2.32. The Balaban J connectivity index is 0. The van der Waals surface area contributed by atoms with Crippen molar-refractivity contribution in [1.82, 2.24) is 46.2 Å². The van der Waals surface area contributed by atoms with E-state index in [0.717, 1.165) is 42.6 Å². The van der Waals surface area contributed by atoms with Crippen molar-refractivity contribution in [2.45, 2.75) is 357 Å². The van der Waals surface area contributed by atoms with Crippen LogP contribution in [0.25, 0.3) is 0 Å². The van der Waals surface area contributed by atoms with Gasteiger partial charge in [-0.3, -0.25) is 47.8 Å². The number of nitrogens with one attached hydrogen (secondary N) is 5. The number of imide groups is 1. The highest BCUT2D eigenvalue weighted by atomic mass is 32.2. The molecule has 1 aromatic rings. The highest BCUT2D eigenvalue weighted by Crippen LogP contribution is 2.30. The zero-order chi connectivity index (χ0) is 94.6. The van der Waals surface area contributed by atoms with Crippen LogP contribution in [-0.2, 0) is 91.3 Å². The van der Waals surface area contributed by atoms with Crippen LogP contribution in [0.5, 0.6) is 0 Å². The summed E-state index contributed by atoms with van der Waals surface area (Å²) in [6.07, 6.45) is 3.74. The number of carboxylic acids is 2. The summed E-state index contributed by atoms with van der Waals surface area (Å²) >= 11 is 0. The highest BCUT2D eigenvalue weighted by molar-refractivity contribution is 7.85. The monoisotopic (exact) mass is 1740 g/mol. The average molecular weight is 1740 g/mol. The number of aliphatic carboxylic acids is 2. The maximum atomic E-state index is 12.7. The Kier molecular flexibility index (Phi) is 49.2. The number of nitrogens with zero attached hydrogens (tertiary/aromatic N) is 4. The summed E-state index contributed by atoms with van der Waals surface area (Å²) in [5.74, 6) is -3.48. The van der Waals surface area contributed by atoms with Crippen molar-refractivity contribution < 1.29 is 133 Å². The molecule has 8 N–H and O–H groups in total. The van der Waals surface area contributed by atoms with E-state index in [0.29, 0.717) is 38.1 Å². The van der Waals surface area contributed by atoms with Crippen LogP contribution in [0.4, 0.5) is 28.8 Å². The highest BCUT2D eigenvalue weighted by Gasteiger charge is 2.45. The molecular weight excluding hydrogens is 1600 g/mol. The molecule has 121 heavy (non-hydrogen) atoms. The molecule has 5 heterocycles. The van der Waals surface area contributed by atoms with Crippen LogP contribution in [0.1, 0.15) is 256 Å². The van der Waals surface area contributed by atoms with E-state index in [1.165, 1.54) is 73.0 Å². The van der Waals surface area contributed by atoms with Gasteiger partial charge in [-0.15, -0.1) is 0 Å². The summed E-state index contributed by atoms with van der Waals surface area (Å²) in [6, 6.07) is 1.47. The predicted molar refractivity (Wildman–Crippen MR) is 446 cm³/mol. The number of methoxy groups -OCH3 is 3. The summed E-state index contributed by atoms with van der Waals surface area (Å²) in [7, 11) is -0.355. The number of alkyl carbamates (subject to hydrolysis) is 4. The van der Waals surface area contributed by atoms with Crippen LogP contribution in [0.15, 0.2) is 29.2 Å². The summed E-state index contributed by atoms with van der Waals surface area (Å²) in [5.41, 5.74) is -0.828. The van der Waals surface area contributed by atoms with Crippen LogP contribution in [-0.4, -0.2) is 260 Å². The third-order valence-electron chi connectivity index (χ3n) is 18.9. The first-order valence-electron chi connectivity index (χ1n) is 40.3. The molecular formula is C83H139N9O28S. The van der Waals surface area contributed by atoms with Crippen LogP contribution in [0.2, 0.25) is 0 Å². The molecule has 0 saturated carbocycles. The first-order valence-corrected chi connectivity index (χ1v) is 41.8. The number of rotatable bonds is 20. The maximum absolute atomic E-state index is 12.7. The molecule has 38 heteroatoms. The van der Waals surface area contributed by atoms with E-state index in [-0.39, 0.29) is 130 Å². The second kappa shape index (κ2) is 52.6. The van der Waals surface area contributed by atoms with Gasteiger partial charge < -0.3 is 79.8 Å². The third-order valence-corrected chi connectivity index (χ3v) is 19.8. The van der Waals surface area contributed by atoms with Gasteiger partial charge in [0.1, 0.15) is 58.6 Å².